The van der Waals surface area contributed by atoms with Gasteiger partial charge in [0.2, 0.25) is 0 Å². The summed E-state index contributed by atoms with van der Waals surface area (Å²) in [6.07, 6.45) is 6.02. The number of esters is 2. The molecule has 26 heavy (non-hydrogen) atoms. The molecule has 2 aliphatic rings. The van der Waals surface area contributed by atoms with Crippen molar-refractivity contribution >= 4 is 11.9 Å². The zero-order valence-electron chi connectivity index (χ0n) is 17.6. The van der Waals surface area contributed by atoms with Crippen molar-refractivity contribution in [1.82, 2.24) is 0 Å². The molecule has 0 N–H and O–H groups in total. The van der Waals surface area contributed by atoms with Crippen LogP contribution in [0.1, 0.15) is 87.0 Å². The summed E-state index contributed by atoms with van der Waals surface area (Å²) in [5, 5.41) is 0. The van der Waals surface area contributed by atoms with Crippen LogP contribution >= 0.6 is 0 Å². The molecular formula is C22H36O4. The summed E-state index contributed by atoms with van der Waals surface area (Å²) in [5.41, 5.74) is 3.01. The van der Waals surface area contributed by atoms with E-state index in [2.05, 4.69) is 27.7 Å². The number of hydrogen-bond acceptors (Lipinski definition) is 4. The Balaban J connectivity index is 2.34. The summed E-state index contributed by atoms with van der Waals surface area (Å²) in [6, 6.07) is 0. The summed E-state index contributed by atoms with van der Waals surface area (Å²) < 4.78 is 11.0. The van der Waals surface area contributed by atoms with Gasteiger partial charge in [-0.25, -0.2) is 0 Å². The molecule has 1 saturated carbocycles. The van der Waals surface area contributed by atoms with E-state index in [1.54, 1.807) is 0 Å². The zero-order chi connectivity index (χ0) is 19.7. The van der Waals surface area contributed by atoms with Gasteiger partial charge in [-0.15, -0.1) is 0 Å². The Labute approximate surface area is 158 Å². The molecule has 0 aromatic carbocycles. The third-order valence-electron chi connectivity index (χ3n) is 6.80. The quantitative estimate of drug-likeness (QED) is 0.497. The fourth-order valence-corrected chi connectivity index (χ4v) is 5.61. The molecule has 2 rings (SSSR count). The second-order valence-electron chi connectivity index (χ2n) is 9.27. The maximum Gasteiger partial charge on any atom is 0.303 e. The van der Waals surface area contributed by atoms with Crippen molar-refractivity contribution in [3.05, 3.63) is 11.1 Å². The molecule has 0 aromatic heterocycles. The normalized spacial score (nSPS) is 31.8. The van der Waals surface area contributed by atoms with Gasteiger partial charge < -0.3 is 9.47 Å². The number of rotatable bonds is 5. The first-order chi connectivity index (χ1) is 12.0. The average molecular weight is 365 g/mol. The molecule has 0 aromatic rings. The summed E-state index contributed by atoms with van der Waals surface area (Å²) in [5.74, 6) is 0.0579. The predicted molar refractivity (Wildman–Crippen MR) is 103 cm³/mol. The van der Waals surface area contributed by atoms with E-state index < -0.39 is 0 Å². The van der Waals surface area contributed by atoms with E-state index >= 15 is 0 Å². The minimum absolute atomic E-state index is 0.0967. The Morgan fingerprint density at radius 1 is 1.15 bits per heavy atom. The van der Waals surface area contributed by atoms with Crippen LogP contribution in [-0.2, 0) is 19.1 Å². The Morgan fingerprint density at radius 2 is 1.81 bits per heavy atom. The van der Waals surface area contributed by atoms with Crippen LogP contribution in [0, 0.1) is 16.7 Å². The van der Waals surface area contributed by atoms with E-state index in [4.69, 9.17) is 9.47 Å². The van der Waals surface area contributed by atoms with Gasteiger partial charge in [0.1, 0.15) is 6.10 Å². The summed E-state index contributed by atoms with van der Waals surface area (Å²) in [7, 11) is 0. The highest BCUT2D eigenvalue weighted by Crippen LogP contribution is 2.60. The van der Waals surface area contributed by atoms with Gasteiger partial charge in [-0.05, 0) is 68.3 Å². The van der Waals surface area contributed by atoms with Crippen molar-refractivity contribution in [3.63, 3.8) is 0 Å². The highest BCUT2D eigenvalue weighted by molar-refractivity contribution is 5.66. The van der Waals surface area contributed by atoms with E-state index in [1.807, 2.05) is 6.92 Å². The van der Waals surface area contributed by atoms with Crippen LogP contribution in [0.3, 0.4) is 0 Å². The van der Waals surface area contributed by atoms with Gasteiger partial charge in [0.05, 0.1) is 6.10 Å². The number of carbonyl (C=O) groups is 2. The molecule has 4 heteroatoms. The van der Waals surface area contributed by atoms with Gasteiger partial charge in [-0.2, -0.15) is 0 Å². The summed E-state index contributed by atoms with van der Waals surface area (Å²) in [6.45, 7) is 14.2. The van der Waals surface area contributed by atoms with Crippen molar-refractivity contribution in [1.29, 1.82) is 0 Å². The molecule has 0 saturated heterocycles. The van der Waals surface area contributed by atoms with Gasteiger partial charge in [0.25, 0.3) is 0 Å². The van der Waals surface area contributed by atoms with Gasteiger partial charge in [0.15, 0.2) is 0 Å². The molecule has 0 heterocycles. The number of carbonyl (C=O) groups excluding carboxylic acids is 2. The molecule has 0 spiro atoms. The molecule has 0 bridgehead atoms. The molecule has 2 aliphatic carbocycles. The second-order valence-corrected chi connectivity index (χ2v) is 9.27. The number of ether oxygens (including phenoxy) is 2. The van der Waals surface area contributed by atoms with E-state index in [9.17, 15) is 9.59 Å². The molecule has 4 atom stereocenters. The third kappa shape index (κ3) is 4.32. The minimum Gasteiger partial charge on any atom is -0.463 e. The standard InChI is InChI=1S/C22H36O4/c1-14(25-16(3)23)9-10-18-15(2)19(26-17(4)24)13-20-21(5,6)11-8-12-22(18,20)7/h14,19-20H,8-13H2,1-7H3/t14-,19-,20-,22+/m0/s1. The van der Waals surface area contributed by atoms with Crippen LogP contribution < -0.4 is 0 Å². The Hall–Kier alpha value is -1.32. The molecule has 0 unspecified atom stereocenters. The van der Waals surface area contributed by atoms with E-state index in [1.165, 1.54) is 44.3 Å². The van der Waals surface area contributed by atoms with Gasteiger partial charge in [-0.1, -0.05) is 32.8 Å². The molecule has 0 radical (unpaired) electrons. The molecular weight excluding hydrogens is 328 g/mol. The fraction of sp³-hybridized carbons (Fsp3) is 0.818. The third-order valence-corrected chi connectivity index (χ3v) is 6.80. The van der Waals surface area contributed by atoms with Crippen LogP contribution in [0.25, 0.3) is 0 Å². The number of allylic oxidation sites excluding steroid dienone is 1. The SMILES string of the molecule is CC(=O)O[C@H]1C[C@H]2C(C)(C)CCC[C@]2(C)C(CC[C@H](C)OC(C)=O)=C1C. The Kier molecular flexibility index (Phi) is 6.24. The lowest BCUT2D eigenvalue weighted by atomic mass is 9.49. The first-order valence-electron chi connectivity index (χ1n) is 10.0. The summed E-state index contributed by atoms with van der Waals surface area (Å²) >= 11 is 0. The van der Waals surface area contributed by atoms with Gasteiger partial charge >= 0.3 is 11.9 Å². The molecule has 1 fully saturated rings. The zero-order valence-corrected chi connectivity index (χ0v) is 17.6. The second kappa shape index (κ2) is 7.74. The molecule has 4 nitrogen and oxygen atoms in total. The summed E-state index contributed by atoms with van der Waals surface area (Å²) in [4.78, 5) is 22.9. The van der Waals surface area contributed by atoms with E-state index in [0.717, 1.165) is 19.3 Å². The lowest BCUT2D eigenvalue weighted by molar-refractivity contribution is -0.149. The van der Waals surface area contributed by atoms with Crippen LogP contribution in [0.5, 0.6) is 0 Å². The van der Waals surface area contributed by atoms with Crippen molar-refractivity contribution in [2.45, 2.75) is 99.2 Å². The first kappa shape index (κ1) is 21.0. The Morgan fingerprint density at radius 3 is 2.38 bits per heavy atom. The van der Waals surface area contributed by atoms with Crippen molar-refractivity contribution in [3.8, 4) is 0 Å². The van der Waals surface area contributed by atoms with Crippen molar-refractivity contribution in [2.24, 2.45) is 16.7 Å². The Bertz CT molecular complexity index is 589. The largest absolute Gasteiger partial charge is 0.463 e. The number of fused-ring (bicyclic) bond motifs is 1. The average Bonchev–Trinajstić information content (AvgIpc) is 2.47. The van der Waals surface area contributed by atoms with Crippen molar-refractivity contribution in [2.75, 3.05) is 0 Å². The highest BCUT2D eigenvalue weighted by Gasteiger charge is 2.52. The molecule has 0 amide bonds. The topological polar surface area (TPSA) is 52.6 Å². The first-order valence-corrected chi connectivity index (χ1v) is 10.0. The molecule has 148 valence electrons. The van der Waals surface area contributed by atoms with Crippen molar-refractivity contribution < 1.29 is 19.1 Å². The number of hydrogen-bond donors (Lipinski definition) is 0. The van der Waals surface area contributed by atoms with Crippen LogP contribution in [0.2, 0.25) is 0 Å². The lowest BCUT2D eigenvalue weighted by Crippen LogP contribution is -2.49. The maximum atomic E-state index is 11.7. The van der Waals surface area contributed by atoms with E-state index in [-0.39, 0.29) is 35.0 Å². The predicted octanol–water partition coefficient (Wildman–Crippen LogP) is 5.20. The monoisotopic (exact) mass is 364 g/mol. The molecule has 0 aliphatic heterocycles. The lowest BCUT2D eigenvalue weighted by Gasteiger charge is -2.56. The minimum atomic E-state index is -0.229. The van der Waals surface area contributed by atoms with Gasteiger partial charge in [0, 0.05) is 13.8 Å². The smallest absolute Gasteiger partial charge is 0.303 e. The van der Waals surface area contributed by atoms with Crippen LogP contribution in [0.4, 0.5) is 0 Å². The van der Waals surface area contributed by atoms with E-state index in [0.29, 0.717) is 5.92 Å². The van der Waals surface area contributed by atoms with Crippen LogP contribution in [-0.4, -0.2) is 24.1 Å². The fourth-order valence-electron chi connectivity index (χ4n) is 5.61. The van der Waals surface area contributed by atoms with Crippen LogP contribution in [0.15, 0.2) is 11.1 Å². The highest BCUT2D eigenvalue weighted by atomic mass is 16.5. The van der Waals surface area contributed by atoms with Gasteiger partial charge in [-0.3, -0.25) is 9.59 Å². The maximum absolute atomic E-state index is 11.7.